The van der Waals surface area contributed by atoms with Crippen LogP contribution in [0.4, 0.5) is 11.8 Å². The van der Waals surface area contributed by atoms with Crippen molar-refractivity contribution in [2.45, 2.75) is 63.5 Å². The van der Waals surface area contributed by atoms with Crippen LogP contribution in [-0.4, -0.2) is 77.0 Å². The number of hydrogen-bond acceptors (Lipinski definition) is 6. The number of carbonyl (C=O) groups excluding carboxylic acids is 1. The normalized spacial score (nSPS) is 24.1. The van der Waals surface area contributed by atoms with Crippen molar-refractivity contribution in [3.63, 3.8) is 0 Å². The second-order valence-electron chi connectivity index (χ2n) is 10.1. The molecule has 7 heteroatoms. The van der Waals surface area contributed by atoms with E-state index in [1.165, 1.54) is 32.1 Å². The molecule has 5 rings (SSSR count). The van der Waals surface area contributed by atoms with Gasteiger partial charge in [0.1, 0.15) is 5.82 Å². The van der Waals surface area contributed by atoms with E-state index < -0.39 is 0 Å². The summed E-state index contributed by atoms with van der Waals surface area (Å²) in [5.74, 6) is 2.05. The first-order valence-corrected chi connectivity index (χ1v) is 13.1. The Bertz CT molecular complexity index is 930. The molecule has 182 valence electrons. The van der Waals surface area contributed by atoms with Crippen molar-refractivity contribution >= 4 is 17.7 Å². The predicted octanol–water partition coefficient (Wildman–Crippen LogP) is 3.58. The van der Waals surface area contributed by atoms with Crippen molar-refractivity contribution in [2.75, 3.05) is 49.5 Å². The van der Waals surface area contributed by atoms with Gasteiger partial charge in [-0.25, -0.2) is 4.98 Å². The summed E-state index contributed by atoms with van der Waals surface area (Å²) in [6.45, 7) is 5.97. The maximum Gasteiger partial charge on any atom is 0.227 e. The fraction of sp³-hybridized carbons (Fsp3) is 0.593. The van der Waals surface area contributed by atoms with E-state index in [4.69, 9.17) is 4.98 Å². The van der Waals surface area contributed by atoms with Gasteiger partial charge in [-0.15, -0.1) is 0 Å². The van der Waals surface area contributed by atoms with E-state index in [0.717, 1.165) is 69.4 Å². The molecule has 1 N–H and O–H groups in total. The second-order valence-corrected chi connectivity index (χ2v) is 10.1. The Labute approximate surface area is 203 Å². The van der Waals surface area contributed by atoms with Crippen LogP contribution in [0.2, 0.25) is 0 Å². The molecule has 0 radical (unpaired) electrons. The molecule has 7 nitrogen and oxygen atoms in total. The highest BCUT2D eigenvalue weighted by molar-refractivity contribution is 5.78. The minimum absolute atomic E-state index is 0.253. The molecule has 4 heterocycles. The van der Waals surface area contributed by atoms with Crippen molar-refractivity contribution in [3.05, 3.63) is 48.2 Å². The van der Waals surface area contributed by atoms with Gasteiger partial charge >= 0.3 is 0 Å². The van der Waals surface area contributed by atoms with Gasteiger partial charge in [-0.05, 0) is 43.7 Å². The zero-order chi connectivity index (χ0) is 23.2. The van der Waals surface area contributed by atoms with Crippen molar-refractivity contribution in [1.29, 1.82) is 0 Å². The number of anilines is 2. The molecule has 1 aromatic heterocycles. The summed E-state index contributed by atoms with van der Waals surface area (Å²) in [6, 6.07) is 12.9. The summed E-state index contributed by atoms with van der Waals surface area (Å²) in [7, 11) is 0. The fourth-order valence-corrected chi connectivity index (χ4v) is 5.68. The summed E-state index contributed by atoms with van der Waals surface area (Å²) in [5, 5.41) is 3.60. The maximum absolute atomic E-state index is 12.9. The van der Waals surface area contributed by atoms with E-state index in [1.54, 1.807) is 0 Å². The summed E-state index contributed by atoms with van der Waals surface area (Å²) < 4.78 is 0. The Hall–Kier alpha value is -2.67. The number of hydrogen-bond donors (Lipinski definition) is 1. The van der Waals surface area contributed by atoms with Gasteiger partial charge in [-0.3, -0.25) is 9.69 Å². The quantitative estimate of drug-likeness (QED) is 0.708. The topological polar surface area (TPSA) is 64.6 Å². The monoisotopic (exact) mass is 462 g/mol. The number of nitrogens with one attached hydrogen (secondary N) is 1. The molecule has 34 heavy (non-hydrogen) atoms. The highest BCUT2D eigenvalue weighted by atomic mass is 16.2. The summed E-state index contributed by atoms with van der Waals surface area (Å²) >= 11 is 0. The van der Waals surface area contributed by atoms with Gasteiger partial charge in [0, 0.05) is 57.5 Å². The van der Waals surface area contributed by atoms with Crippen molar-refractivity contribution in [2.24, 2.45) is 0 Å². The number of rotatable bonds is 6. The van der Waals surface area contributed by atoms with E-state index >= 15 is 0 Å². The standard InChI is InChI=1S/C27H38N6O/c34-26(19-22-9-4-3-5-10-22)33-17-8-11-24(21-33)32-18-13-23(20-32)29-27-28-14-12-25(30-27)31-15-6-1-2-7-16-31/h3-5,9-10,12,14,23-24H,1-2,6-8,11,13,15-21H2,(H,28,29,30). The third-order valence-corrected chi connectivity index (χ3v) is 7.59. The van der Waals surface area contributed by atoms with Crippen LogP contribution in [0, 0.1) is 0 Å². The lowest BCUT2D eigenvalue weighted by Gasteiger charge is -2.37. The zero-order valence-electron chi connectivity index (χ0n) is 20.2. The first-order valence-electron chi connectivity index (χ1n) is 13.1. The largest absolute Gasteiger partial charge is 0.356 e. The number of carbonyl (C=O) groups is 1. The molecule has 2 atom stereocenters. The van der Waals surface area contributed by atoms with Crippen LogP contribution in [-0.2, 0) is 11.2 Å². The van der Waals surface area contributed by atoms with Gasteiger partial charge in [0.2, 0.25) is 11.9 Å². The minimum atomic E-state index is 0.253. The molecule has 0 spiro atoms. The van der Waals surface area contributed by atoms with Gasteiger partial charge in [0.05, 0.1) is 6.42 Å². The van der Waals surface area contributed by atoms with Crippen LogP contribution in [0.25, 0.3) is 0 Å². The molecule has 0 saturated carbocycles. The third-order valence-electron chi connectivity index (χ3n) is 7.59. The molecule has 3 saturated heterocycles. The molecule has 3 aliphatic heterocycles. The van der Waals surface area contributed by atoms with E-state index in [0.29, 0.717) is 18.5 Å². The summed E-state index contributed by atoms with van der Waals surface area (Å²) in [6.07, 6.45) is 10.9. The molecule has 3 fully saturated rings. The van der Waals surface area contributed by atoms with Crippen molar-refractivity contribution in [3.8, 4) is 0 Å². The van der Waals surface area contributed by atoms with Crippen molar-refractivity contribution in [1.82, 2.24) is 19.8 Å². The highest BCUT2D eigenvalue weighted by Gasteiger charge is 2.32. The maximum atomic E-state index is 12.9. The number of likely N-dealkylation sites (tertiary alicyclic amines) is 2. The van der Waals surface area contributed by atoms with E-state index in [9.17, 15) is 4.79 Å². The van der Waals surface area contributed by atoms with E-state index in [1.807, 2.05) is 42.6 Å². The molecular formula is C27H38N6O. The number of nitrogens with zero attached hydrogens (tertiary/aromatic N) is 5. The first-order chi connectivity index (χ1) is 16.7. The lowest BCUT2D eigenvalue weighted by molar-refractivity contribution is -0.132. The Morgan fingerprint density at radius 1 is 0.912 bits per heavy atom. The lowest BCUT2D eigenvalue weighted by Crippen LogP contribution is -2.49. The summed E-state index contributed by atoms with van der Waals surface area (Å²) in [4.78, 5) is 29.3. The van der Waals surface area contributed by atoms with Crippen LogP contribution in [0.1, 0.15) is 50.5 Å². The van der Waals surface area contributed by atoms with E-state index in [-0.39, 0.29) is 5.91 Å². The molecule has 0 bridgehead atoms. The molecule has 3 aliphatic rings. The van der Waals surface area contributed by atoms with Crippen LogP contribution in [0.15, 0.2) is 42.6 Å². The average molecular weight is 463 g/mol. The van der Waals surface area contributed by atoms with Gasteiger partial charge in [0.25, 0.3) is 0 Å². The number of amides is 1. The van der Waals surface area contributed by atoms with Crippen molar-refractivity contribution < 1.29 is 4.79 Å². The zero-order valence-corrected chi connectivity index (χ0v) is 20.2. The number of piperidine rings is 1. The summed E-state index contributed by atoms with van der Waals surface area (Å²) in [5.41, 5.74) is 1.10. The molecular weight excluding hydrogens is 424 g/mol. The SMILES string of the molecule is O=C(Cc1ccccc1)N1CCCC(N2CCC(Nc3nccc(N4CCCCCC4)n3)C2)C1. The second kappa shape index (κ2) is 11.2. The predicted molar refractivity (Wildman–Crippen MR) is 136 cm³/mol. The van der Waals surface area contributed by atoms with Crippen LogP contribution in [0.5, 0.6) is 0 Å². The Balaban J connectivity index is 1.14. The molecule has 2 unspecified atom stereocenters. The Kier molecular flexibility index (Phi) is 7.59. The molecule has 0 aliphatic carbocycles. The first kappa shape index (κ1) is 23.1. The Morgan fingerprint density at radius 3 is 2.56 bits per heavy atom. The highest BCUT2D eigenvalue weighted by Crippen LogP contribution is 2.24. The third kappa shape index (κ3) is 5.87. The number of aromatic nitrogens is 2. The van der Waals surface area contributed by atoms with Crippen LogP contribution < -0.4 is 10.2 Å². The van der Waals surface area contributed by atoms with Gasteiger partial charge in [0.15, 0.2) is 0 Å². The lowest BCUT2D eigenvalue weighted by atomic mass is 10.0. The molecule has 2 aromatic rings. The average Bonchev–Trinajstić information content (AvgIpc) is 3.16. The van der Waals surface area contributed by atoms with Crippen LogP contribution >= 0.6 is 0 Å². The smallest absolute Gasteiger partial charge is 0.227 e. The molecule has 1 amide bonds. The van der Waals surface area contributed by atoms with Gasteiger partial charge in [-0.1, -0.05) is 43.2 Å². The minimum Gasteiger partial charge on any atom is -0.356 e. The van der Waals surface area contributed by atoms with E-state index in [2.05, 4.69) is 25.0 Å². The Morgan fingerprint density at radius 2 is 1.74 bits per heavy atom. The van der Waals surface area contributed by atoms with Gasteiger partial charge in [-0.2, -0.15) is 4.98 Å². The van der Waals surface area contributed by atoms with Crippen LogP contribution in [0.3, 0.4) is 0 Å². The fourth-order valence-electron chi connectivity index (χ4n) is 5.68. The van der Waals surface area contributed by atoms with Gasteiger partial charge < -0.3 is 15.1 Å². The number of benzene rings is 1. The molecule has 1 aromatic carbocycles.